The average Bonchev–Trinajstić information content (AvgIpc) is 3.30. The Bertz CT molecular complexity index is 1310. The SMILES string of the molecule is CCCCCCCc1ccc(C(=O)Nc2ccc(-c3ccc4c(c3)C(=O)N(C[C@H](CC)C(=O)OC)C4)cc2)cc1. The Morgan fingerprint density at radius 1 is 0.900 bits per heavy atom. The maximum absolute atomic E-state index is 13.1. The van der Waals surface area contributed by atoms with Gasteiger partial charge in [0.1, 0.15) is 0 Å². The van der Waals surface area contributed by atoms with Gasteiger partial charge in [-0.15, -0.1) is 0 Å². The summed E-state index contributed by atoms with van der Waals surface area (Å²) in [7, 11) is 1.38. The number of amides is 2. The molecule has 0 fully saturated rings. The van der Waals surface area contributed by atoms with Crippen LogP contribution in [0.2, 0.25) is 0 Å². The standard InChI is InChI=1S/C34H40N2O4/c1-4-6-7-8-9-10-24-11-13-27(14-12-24)32(37)35-30-19-17-26(18-20-30)28-15-16-29-23-36(33(38)31(29)21-28)22-25(5-2)34(39)40-3/h11-21,25H,4-10,22-23H2,1-3H3,(H,35,37)/t25-/m0/s1. The highest BCUT2D eigenvalue weighted by Crippen LogP contribution is 2.30. The third kappa shape index (κ3) is 7.17. The molecule has 6 nitrogen and oxygen atoms in total. The number of aryl methyl sites for hydroxylation is 1. The molecule has 0 saturated carbocycles. The number of fused-ring (bicyclic) bond motifs is 1. The zero-order valence-electron chi connectivity index (χ0n) is 23.9. The summed E-state index contributed by atoms with van der Waals surface area (Å²) in [5.41, 5.74) is 6.12. The molecule has 0 saturated heterocycles. The van der Waals surface area contributed by atoms with Crippen LogP contribution in [0.5, 0.6) is 0 Å². The van der Waals surface area contributed by atoms with Gasteiger partial charge in [-0.1, -0.05) is 75.9 Å². The van der Waals surface area contributed by atoms with Gasteiger partial charge in [0.15, 0.2) is 0 Å². The number of methoxy groups -OCH3 is 1. The summed E-state index contributed by atoms with van der Waals surface area (Å²) in [5.74, 6) is -0.818. The average molecular weight is 541 g/mol. The van der Waals surface area contributed by atoms with Gasteiger partial charge in [-0.2, -0.15) is 0 Å². The summed E-state index contributed by atoms with van der Waals surface area (Å²) in [6, 6.07) is 21.4. The first-order chi connectivity index (χ1) is 19.4. The van der Waals surface area contributed by atoms with Crippen LogP contribution in [0.15, 0.2) is 66.7 Å². The van der Waals surface area contributed by atoms with Gasteiger partial charge in [-0.25, -0.2) is 0 Å². The Kier molecular flexibility index (Phi) is 10.1. The van der Waals surface area contributed by atoms with Crippen LogP contribution in [-0.4, -0.2) is 36.3 Å². The van der Waals surface area contributed by atoms with Crippen molar-refractivity contribution in [2.75, 3.05) is 19.0 Å². The topological polar surface area (TPSA) is 75.7 Å². The van der Waals surface area contributed by atoms with Crippen LogP contribution in [-0.2, 0) is 22.5 Å². The predicted molar refractivity (Wildman–Crippen MR) is 159 cm³/mol. The number of hydrogen-bond donors (Lipinski definition) is 1. The molecule has 2 amide bonds. The van der Waals surface area contributed by atoms with Crippen molar-refractivity contribution in [3.63, 3.8) is 0 Å². The number of anilines is 1. The predicted octanol–water partition coefficient (Wildman–Crippen LogP) is 7.27. The number of ether oxygens (including phenoxy) is 1. The summed E-state index contributed by atoms with van der Waals surface area (Å²) in [4.78, 5) is 39.6. The van der Waals surface area contributed by atoms with Crippen LogP contribution < -0.4 is 5.32 Å². The highest BCUT2D eigenvalue weighted by Gasteiger charge is 2.31. The number of rotatable bonds is 13. The highest BCUT2D eigenvalue weighted by molar-refractivity contribution is 6.04. The fourth-order valence-electron chi connectivity index (χ4n) is 5.20. The fraction of sp³-hybridized carbons (Fsp3) is 0.382. The lowest BCUT2D eigenvalue weighted by Gasteiger charge is -2.20. The number of benzene rings is 3. The molecule has 0 aromatic heterocycles. The summed E-state index contributed by atoms with van der Waals surface area (Å²) in [6.07, 6.45) is 7.94. The Labute approximate surface area is 237 Å². The van der Waals surface area contributed by atoms with Gasteiger partial charge in [0.25, 0.3) is 11.8 Å². The summed E-state index contributed by atoms with van der Waals surface area (Å²) in [6.45, 7) is 4.99. The largest absolute Gasteiger partial charge is 0.469 e. The molecule has 1 N–H and O–H groups in total. The van der Waals surface area contributed by atoms with Crippen LogP contribution in [0.4, 0.5) is 5.69 Å². The van der Waals surface area contributed by atoms with Gasteiger partial charge in [-0.05, 0) is 71.8 Å². The second-order valence-corrected chi connectivity index (χ2v) is 10.6. The first kappa shape index (κ1) is 29.1. The Hall–Kier alpha value is -3.93. The molecular formula is C34H40N2O4. The van der Waals surface area contributed by atoms with E-state index in [9.17, 15) is 14.4 Å². The van der Waals surface area contributed by atoms with Crippen LogP contribution in [0.3, 0.4) is 0 Å². The Morgan fingerprint density at radius 2 is 1.60 bits per heavy atom. The van der Waals surface area contributed by atoms with Gasteiger partial charge < -0.3 is 15.0 Å². The second kappa shape index (κ2) is 13.9. The zero-order valence-corrected chi connectivity index (χ0v) is 23.9. The van der Waals surface area contributed by atoms with E-state index in [-0.39, 0.29) is 23.7 Å². The van der Waals surface area contributed by atoms with E-state index in [1.165, 1.54) is 44.8 Å². The highest BCUT2D eigenvalue weighted by atomic mass is 16.5. The molecule has 40 heavy (non-hydrogen) atoms. The molecular weight excluding hydrogens is 500 g/mol. The second-order valence-electron chi connectivity index (χ2n) is 10.6. The quantitative estimate of drug-likeness (QED) is 0.183. The lowest BCUT2D eigenvalue weighted by Crippen LogP contribution is -2.33. The normalized spacial score (nSPS) is 13.2. The number of unbranched alkanes of at least 4 members (excludes halogenated alkanes) is 4. The van der Waals surface area contributed by atoms with E-state index in [0.29, 0.717) is 36.3 Å². The maximum Gasteiger partial charge on any atom is 0.310 e. The number of nitrogens with zero attached hydrogens (tertiary/aromatic N) is 1. The van der Waals surface area contributed by atoms with E-state index in [2.05, 4.69) is 12.2 Å². The molecule has 210 valence electrons. The van der Waals surface area contributed by atoms with Gasteiger partial charge in [0, 0.05) is 29.9 Å². The molecule has 1 heterocycles. The van der Waals surface area contributed by atoms with Crippen LogP contribution in [0.1, 0.15) is 84.2 Å². The minimum atomic E-state index is -0.330. The number of nitrogens with one attached hydrogen (secondary N) is 1. The zero-order chi connectivity index (χ0) is 28.5. The van der Waals surface area contributed by atoms with Crippen molar-refractivity contribution in [2.24, 2.45) is 5.92 Å². The van der Waals surface area contributed by atoms with Crippen LogP contribution in [0, 0.1) is 5.92 Å². The minimum Gasteiger partial charge on any atom is -0.469 e. The monoisotopic (exact) mass is 540 g/mol. The van der Waals surface area contributed by atoms with E-state index in [1.54, 1.807) is 4.90 Å². The Balaban J connectivity index is 1.35. The van der Waals surface area contributed by atoms with E-state index in [1.807, 2.05) is 73.7 Å². The number of carbonyl (C=O) groups is 3. The lowest BCUT2D eigenvalue weighted by atomic mass is 10.00. The third-order valence-electron chi connectivity index (χ3n) is 7.72. The molecule has 3 aromatic rings. The smallest absolute Gasteiger partial charge is 0.310 e. The van der Waals surface area contributed by atoms with Crippen molar-refractivity contribution in [3.05, 3.63) is 89.0 Å². The maximum atomic E-state index is 13.1. The Morgan fingerprint density at radius 3 is 2.27 bits per heavy atom. The number of carbonyl (C=O) groups excluding carboxylic acids is 3. The van der Waals surface area contributed by atoms with Crippen LogP contribution in [0.25, 0.3) is 11.1 Å². The molecule has 1 atom stereocenters. The van der Waals surface area contributed by atoms with Gasteiger partial charge in [0.05, 0.1) is 13.0 Å². The summed E-state index contributed by atoms with van der Waals surface area (Å²) < 4.78 is 4.89. The van der Waals surface area contributed by atoms with Crippen molar-refractivity contribution in [2.45, 2.75) is 65.3 Å². The van der Waals surface area contributed by atoms with E-state index >= 15 is 0 Å². The number of hydrogen-bond acceptors (Lipinski definition) is 4. The summed E-state index contributed by atoms with van der Waals surface area (Å²) >= 11 is 0. The lowest BCUT2D eigenvalue weighted by molar-refractivity contribution is -0.146. The fourth-order valence-corrected chi connectivity index (χ4v) is 5.20. The van der Waals surface area contributed by atoms with Crippen molar-refractivity contribution in [1.82, 2.24) is 4.90 Å². The van der Waals surface area contributed by atoms with Crippen molar-refractivity contribution < 1.29 is 19.1 Å². The van der Waals surface area contributed by atoms with Gasteiger partial charge in [0.2, 0.25) is 0 Å². The number of esters is 1. The van der Waals surface area contributed by atoms with Gasteiger partial charge in [-0.3, -0.25) is 14.4 Å². The van der Waals surface area contributed by atoms with Crippen molar-refractivity contribution in [3.8, 4) is 11.1 Å². The van der Waals surface area contributed by atoms with Crippen LogP contribution >= 0.6 is 0 Å². The third-order valence-corrected chi connectivity index (χ3v) is 7.72. The minimum absolute atomic E-state index is 0.0643. The molecule has 3 aromatic carbocycles. The van der Waals surface area contributed by atoms with Crippen molar-refractivity contribution >= 4 is 23.5 Å². The molecule has 4 rings (SSSR count). The molecule has 0 unspecified atom stereocenters. The molecule has 6 heteroatoms. The molecule has 1 aliphatic heterocycles. The molecule has 0 bridgehead atoms. The summed E-state index contributed by atoms with van der Waals surface area (Å²) in [5, 5.41) is 2.98. The molecule has 1 aliphatic rings. The molecule has 0 aliphatic carbocycles. The first-order valence-electron chi connectivity index (χ1n) is 14.4. The first-order valence-corrected chi connectivity index (χ1v) is 14.4. The van der Waals surface area contributed by atoms with Gasteiger partial charge >= 0.3 is 5.97 Å². The van der Waals surface area contributed by atoms with E-state index in [4.69, 9.17) is 4.74 Å². The molecule has 0 radical (unpaired) electrons. The van der Waals surface area contributed by atoms with E-state index < -0.39 is 0 Å². The van der Waals surface area contributed by atoms with E-state index in [0.717, 1.165) is 23.1 Å². The van der Waals surface area contributed by atoms with Crippen molar-refractivity contribution in [1.29, 1.82) is 0 Å². The molecule has 0 spiro atoms.